The van der Waals surface area contributed by atoms with Crippen LogP contribution < -0.4 is 4.74 Å². The Balaban J connectivity index is 1.95. The van der Waals surface area contributed by atoms with Crippen LogP contribution in [0.25, 0.3) is 0 Å². The van der Waals surface area contributed by atoms with E-state index in [1.165, 1.54) is 7.11 Å². The van der Waals surface area contributed by atoms with Crippen LogP contribution in [-0.2, 0) is 4.79 Å². The number of hydrogen-bond donors (Lipinski definition) is 1. The minimum Gasteiger partial charge on any atom is -0.504 e. The van der Waals surface area contributed by atoms with Crippen LogP contribution in [0.1, 0.15) is 36.2 Å². The van der Waals surface area contributed by atoms with Gasteiger partial charge in [0.05, 0.1) is 18.9 Å². The fourth-order valence-electron chi connectivity index (χ4n) is 2.64. The van der Waals surface area contributed by atoms with Crippen molar-refractivity contribution in [1.82, 2.24) is 5.01 Å². The molecule has 2 heterocycles. The van der Waals surface area contributed by atoms with E-state index in [-0.39, 0.29) is 17.7 Å². The standard InChI is InChI=1S/C17H18N2O3S/c1-3-17(21)19-13(16-5-4-8-23-16)10-12(18-19)11-6-7-14(20)15(9-11)22-2/h4-9,13,20H,3,10H2,1-2H3/t13-/m0/s1. The minimum absolute atomic E-state index is 0.00384. The number of thiophene rings is 1. The first-order valence-corrected chi connectivity index (χ1v) is 8.32. The van der Waals surface area contributed by atoms with Gasteiger partial charge in [-0.1, -0.05) is 13.0 Å². The maximum Gasteiger partial charge on any atom is 0.243 e. The summed E-state index contributed by atoms with van der Waals surface area (Å²) in [5, 5.41) is 17.9. The van der Waals surface area contributed by atoms with Gasteiger partial charge in [-0.15, -0.1) is 11.3 Å². The van der Waals surface area contributed by atoms with E-state index in [4.69, 9.17) is 4.74 Å². The number of phenolic OH excluding ortho intramolecular Hbond substituents is 1. The summed E-state index contributed by atoms with van der Waals surface area (Å²) in [6, 6.07) is 9.08. The van der Waals surface area contributed by atoms with Crippen molar-refractivity contribution < 1.29 is 14.6 Å². The molecule has 0 aliphatic carbocycles. The summed E-state index contributed by atoms with van der Waals surface area (Å²) in [5.74, 6) is 0.494. The first-order chi connectivity index (χ1) is 11.1. The number of carbonyl (C=O) groups is 1. The van der Waals surface area contributed by atoms with Crippen molar-refractivity contribution in [3.63, 3.8) is 0 Å². The highest BCUT2D eigenvalue weighted by Gasteiger charge is 2.33. The third-order valence-electron chi connectivity index (χ3n) is 3.85. The predicted octanol–water partition coefficient (Wildman–Crippen LogP) is 3.55. The quantitative estimate of drug-likeness (QED) is 0.932. The normalized spacial score (nSPS) is 17.2. The molecule has 1 aliphatic heterocycles. The molecule has 6 heteroatoms. The summed E-state index contributed by atoms with van der Waals surface area (Å²) in [6.45, 7) is 1.84. The third-order valence-corrected chi connectivity index (χ3v) is 4.83. The van der Waals surface area contributed by atoms with E-state index in [1.807, 2.05) is 24.4 Å². The first kappa shape index (κ1) is 15.6. The lowest BCUT2D eigenvalue weighted by Gasteiger charge is -2.19. The second kappa shape index (κ2) is 6.42. The van der Waals surface area contributed by atoms with Crippen molar-refractivity contribution in [2.24, 2.45) is 5.10 Å². The van der Waals surface area contributed by atoms with E-state index in [0.29, 0.717) is 18.6 Å². The fraction of sp³-hybridized carbons (Fsp3) is 0.294. The Labute approximate surface area is 138 Å². The van der Waals surface area contributed by atoms with Crippen molar-refractivity contribution in [1.29, 1.82) is 0 Å². The Morgan fingerprint density at radius 3 is 2.96 bits per heavy atom. The van der Waals surface area contributed by atoms with Crippen LogP contribution in [0.15, 0.2) is 40.8 Å². The van der Waals surface area contributed by atoms with Gasteiger partial charge in [-0.3, -0.25) is 4.79 Å². The molecule has 3 rings (SSSR count). The minimum atomic E-state index is -0.0581. The van der Waals surface area contributed by atoms with Crippen LogP contribution in [-0.4, -0.2) is 28.8 Å². The number of methoxy groups -OCH3 is 1. The third kappa shape index (κ3) is 2.94. The molecule has 0 radical (unpaired) electrons. The summed E-state index contributed by atoms with van der Waals surface area (Å²) in [7, 11) is 1.51. The average Bonchev–Trinajstić information content (AvgIpc) is 3.23. The van der Waals surface area contributed by atoms with Gasteiger partial charge in [-0.05, 0) is 29.6 Å². The van der Waals surface area contributed by atoms with Crippen LogP contribution in [0.2, 0.25) is 0 Å². The molecule has 0 spiro atoms. The number of ether oxygens (including phenoxy) is 1. The molecule has 0 saturated carbocycles. The molecule has 1 N–H and O–H groups in total. The van der Waals surface area contributed by atoms with Gasteiger partial charge in [-0.2, -0.15) is 5.10 Å². The summed E-state index contributed by atoms with van der Waals surface area (Å²) in [4.78, 5) is 13.4. The number of aromatic hydroxyl groups is 1. The second-order valence-corrected chi connectivity index (χ2v) is 6.24. The van der Waals surface area contributed by atoms with E-state index in [2.05, 4.69) is 5.10 Å². The molecule has 120 valence electrons. The van der Waals surface area contributed by atoms with Crippen molar-refractivity contribution in [2.75, 3.05) is 7.11 Å². The molecule has 0 fully saturated rings. The molecule has 1 atom stereocenters. The number of benzene rings is 1. The molecular weight excluding hydrogens is 312 g/mol. The van der Waals surface area contributed by atoms with E-state index >= 15 is 0 Å². The highest BCUT2D eigenvalue weighted by atomic mass is 32.1. The molecule has 23 heavy (non-hydrogen) atoms. The van der Waals surface area contributed by atoms with Crippen LogP contribution in [0.3, 0.4) is 0 Å². The highest BCUT2D eigenvalue weighted by Crippen LogP contribution is 2.36. The maximum absolute atomic E-state index is 12.2. The van der Waals surface area contributed by atoms with Gasteiger partial charge in [0.1, 0.15) is 0 Å². The summed E-state index contributed by atoms with van der Waals surface area (Å²) in [6.07, 6.45) is 1.07. The lowest BCUT2D eigenvalue weighted by Crippen LogP contribution is -2.25. The Bertz CT molecular complexity index is 740. The molecule has 2 aromatic rings. The van der Waals surface area contributed by atoms with E-state index in [0.717, 1.165) is 16.2 Å². The Kier molecular flexibility index (Phi) is 4.34. The lowest BCUT2D eigenvalue weighted by atomic mass is 10.0. The topological polar surface area (TPSA) is 62.1 Å². The monoisotopic (exact) mass is 330 g/mol. The smallest absolute Gasteiger partial charge is 0.243 e. The molecule has 0 unspecified atom stereocenters. The summed E-state index contributed by atoms with van der Waals surface area (Å²) >= 11 is 1.63. The number of hydrazone groups is 1. The zero-order valence-corrected chi connectivity index (χ0v) is 13.8. The van der Waals surface area contributed by atoms with Gasteiger partial charge in [0, 0.05) is 23.3 Å². The van der Waals surface area contributed by atoms with Gasteiger partial charge in [0.25, 0.3) is 0 Å². The molecule has 5 nitrogen and oxygen atoms in total. The molecule has 0 saturated heterocycles. The SMILES string of the molecule is CCC(=O)N1N=C(c2ccc(O)c(OC)c2)C[C@H]1c1cccs1. The van der Waals surface area contributed by atoms with Crippen LogP contribution in [0, 0.1) is 0 Å². The van der Waals surface area contributed by atoms with Gasteiger partial charge < -0.3 is 9.84 Å². The number of rotatable bonds is 4. The zero-order chi connectivity index (χ0) is 16.4. The van der Waals surface area contributed by atoms with Crippen molar-refractivity contribution in [3.05, 3.63) is 46.2 Å². The molecule has 1 amide bonds. The molecule has 1 aromatic heterocycles. The molecule has 1 aromatic carbocycles. The predicted molar refractivity (Wildman–Crippen MR) is 90.0 cm³/mol. The Hall–Kier alpha value is -2.34. The molecule has 0 bridgehead atoms. The summed E-state index contributed by atoms with van der Waals surface area (Å²) in [5.41, 5.74) is 1.68. The zero-order valence-electron chi connectivity index (χ0n) is 13.0. The van der Waals surface area contributed by atoms with Crippen molar-refractivity contribution >= 4 is 23.0 Å². The number of hydrogen-bond acceptors (Lipinski definition) is 5. The van der Waals surface area contributed by atoms with Gasteiger partial charge >= 0.3 is 0 Å². The highest BCUT2D eigenvalue weighted by molar-refractivity contribution is 7.10. The summed E-state index contributed by atoms with van der Waals surface area (Å²) < 4.78 is 5.16. The van der Waals surface area contributed by atoms with Gasteiger partial charge in [0.15, 0.2) is 11.5 Å². The first-order valence-electron chi connectivity index (χ1n) is 7.44. The van der Waals surface area contributed by atoms with E-state index in [9.17, 15) is 9.90 Å². The fourth-order valence-corrected chi connectivity index (χ4v) is 3.45. The van der Waals surface area contributed by atoms with Gasteiger partial charge in [-0.25, -0.2) is 5.01 Å². The number of nitrogens with zero attached hydrogens (tertiary/aromatic N) is 2. The van der Waals surface area contributed by atoms with Gasteiger partial charge in [0.2, 0.25) is 5.91 Å². The van der Waals surface area contributed by atoms with Crippen LogP contribution in [0.4, 0.5) is 0 Å². The Morgan fingerprint density at radius 1 is 1.48 bits per heavy atom. The van der Waals surface area contributed by atoms with E-state index in [1.54, 1.807) is 34.5 Å². The number of carbonyl (C=O) groups excluding carboxylic acids is 1. The van der Waals surface area contributed by atoms with Crippen molar-refractivity contribution in [3.8, 4) is 11.5 Å². The lowest BCUT2D eigenvalue weighted by molar-refractivity contribution is -0.132. The average molecular weight is 330 g/mol. The number of phenols is 1. The largest absolute Gasteiger partial charge is 0.504 e. The molecule has 1 aliphatic rings. The Morgan fingerprint density at radius 2 is 2.30 bits per heavy atom. The van der Waals surface area contributed by atoms with E-state index < -0.39 is 0 Å². The number of amides is 1. The molecular formula is C17H18N2O3S. The van der Waals surface area contributed by atoms with Crippen LogP contribution in [0.5, 0.6) is 11.5 Å². The van der Waals surface area contributed by atoms with Crippen LogP contribution >= 0.6 is 11.3 Å². The second-order valence-electron chi connectivity index (χ2n) is 5.26. The van der Waals surface area contributed by atoms with Crippen molar-refractivity contribution in [2.45, 2.75) is 25.8 Å². The maximum atomic E-state index is 12.2.